The van der Waals surface area contributed by atoms with Crippen LogP contribution in [0.3, 0.4) is 0 Å². The first kappa shape index (κ1) is 31.2. The zero-order chi connectivity index (χ0) is 35.8. The van der Waals surface area contributed by atoms with Gasteiger partial charge in [0.1, 0.15) is 0 Å². The number of nitrogens with zero attached hydrogens (tertiary/aromatic N) is 2. The monoisotopic (exact) mass is 776 g/mol. The van der Waals surface area contributed by atoms with E-state index in [9.17, 15) is 0 Å². The Kier molecular flexibility index (Phi) is 7.15. The molecule has 1 aliphatic heterocycles. The van der Waals surface area contributed by atoms with Gasteiger partial charge in [-0.25, -0.2) is 0 Å². The van der Waals surface area contributed by atoms with Gasteiger partial charge in [0.25, 0.3) is 0 Å². The number of benzene rings is 8. The van der Waals surface area contributed by atoms with Gasteiger partial charge in [-0.1, -0.05) is 94.8 Å². The van der Waals surface area contributed by atoms with Crippen molar-refractivity contribution in [1.82, 2.24) is 4.57 Å². The lowest BCUT2D eigenvalue weighted by Crippen LogP contribution is -2.10. The number of anilines is 3. The van der Waals surface area contributed by atoms with Crippen LogP contribution in [0, 0.1) is 0 Å². The van der Waals surface area contributed by atoms with E-state index in [1.54, 1.807) is 0 Å². The first-order valence-electron chi connectivity index (χ1n) is 17.9. The van der Waals surface area contributed by atoms with Crippen molar-refractivity contribution in [2.75, 3.05) is 4.90 Å². The first-order valence-corrected chi connectivity index (χ1v) is 19.5. The minimum absolute atomic E-state index is 0.695. The van der Waals surface area contributed by atoms with Crippen molar-refractivity contribution in [2.45, 2.75) is 0 Å². The molecule has 0 N–H and O–H groups in total. The van der Waals surface area contributed by atoms with E-state index >= 15 is 0 Å². The average molecular weight is 778 g/mol. The molecule has 1 aliphatic rings. The highest BCUT2D eigenvalue weighted by Crippen LogP contribution is 2.49. The van der Waals surface area contributed by atoms with Gasteiger partial charge in [0, 0.05) is 58.5 Å². The van der Waals surface area contributed by atoms with E-state index in [1.807, 2.05) is 41.7 Å². The number of fused-ring (bicyclic) bond motifs is 9. The van der Waals surface area contributed by atoms with Crippen molar-refractivity contribution < 1.29 is 9.47 Å². The molecule has 0 bridgehead atoms. The molecule has 8 aromatic carbocycles. The number of ether oxygens (including phenoxy) is 2. The van der Waals surface area contributed by atoms with E-state index in [0.29, 0.717) is 17.2 Å². The lowest BCUT2D eigenvalue weighted by molar-refractivity contribution is 0.359. The Morgan fingerprint density at radius 3 is 2.02 bits per heavy atom. The zero-order valence-corrected chi connectivity index (χ0v) is 31.1. The quantitative estimate of drug-likeness (QED) is 0.174. The van der Waals surface area contributed by atoms with Crippen molar-refractivity contribution in [2.24, 2.45) is 0 Å². The lowest BCUT2D eigenvalue weighted by Gasteiger charge is -2.26. The Morgan fingerprint density at radius 2 is 1.17 bits per heavy atom. The van der Waals surface area contributed by atoms with E-state index < -0.39 is 0 Å². The minimum Gasteiger partial charge on any atom is -0.450 e. The van der Waals surface area contributed by atoms with Gasteiger partial charge >= 0.3 is 0 Å². The van der Waals surface area contributed by atoms with Gasteiger partial charge < -0.3 is 18.9 Å². The Balaban J connectivity index is 1.16. The number of hydrogen-bond donors (Lipinski definition) is 0. The smallest absolute Gasteiger partial charge is 0.172 e. The predicted molar refractivity (Wildman–Crippen MR) is 228 cm³/mol. The van der Waals surface area contributed by atoms with Crippen LogP contribution in [0.5, 0.6) is 23.0 Å². The molecule has 10 aromatic rings. The zero-order valence-electron chi connectivity index (χ0n) is 28.7. The third-order valence-electron chi connectivity index (χ3n) is 10.3. The molecule has 0 amide bonds. The van der Waals surface area contributed by atoms with Gasteiger partial charge in [0.05, 0.1) is 16.7 Å². The molecule has 0 spiro atoms. The summed E-state index contributed by atoms with van der Waals surface area (Å²) in [5.41, 5.74) is 8.86. The molecule has 0 aliphatic carbocycles. The summed E-state index contributed by atoms with van der Waals surface area (Å²) < 4.78 is 18.7. The third-order valence-corrected chi connectivity index (χ3v) is 11.9. The maximum atomic E-state index is 6.43. The molecule has 0 radical (unpaired) electrons. The average Bonchev–Trinajstić information content (AvgIpc) is 3.76. The molecule has 11 rings (SSSR count). The van der Waals surface area contributed by atoms with Gasteiger partial charge in [-0.3, -0.25) is 0 Å². The molecular weight excluding hydrogens is 749 g/mol. The van der Waals surface area contributed by atoms with Gasteiger partial charge in [0.15, 0.2) is 23.0 Å². The highest BCUT2D eigenvalue weighted by atomic mass is 79.9. The Bertz CT molecular complexity index is 3090. The second-order valence-electron chi connectivity index (χ2n) is 13.5. The number of para-hydroxylation sites is 3. The fourth-order valence-corrected chi connectivity index (χ4v) is 9.39. The van der Waals surface area contributed by atoms with Gasteiger partial charge in [-0.2, -0.15) is 0 Å². The molecule has 0 saturated heterocycles. The molecule has 4 nitrogen and oxygen atoms in total. The first-order chi connectivity index (χ1) is 26.7. The summed E-state index contributed by atoms with van der Waals surface area (Å²) in [7, 11) is 0. The summed E-state index contributed by atoms with van der Waals surface area (Å²) in [4.78, 5) is 2.35. The summed E-state index contributed by atoms with van der Waals surface area (Å²) in [6.07, 6.45) is 0. The van der Waals surface area contributed by atoms with E-state index in [4.69, 9.17) is 9.47 Å². The maximum absolute atomic E-state index is 6.43. The van der Waals surface area contributed by atoms with Crippen molar-refractivity contribution in [3.05, 3.63) is 180 Å². The molecular formula is C48H29BrN2O2S. The molecule has 0 saturated carbocycles. The van der Waals surface area contributed by atoms with Gasteiger partial charge in [-0.15, -0.1) is 11.3 Å². The molecule has 256 valence electrons. The second kappa shape index (κ2) is 12.4. The third kappa shape index (κ3) is 5.02. The number of thiophene rings is 1. The van der Waals surface area contributed by atoms with Crippen molar-refractivity contribution in [1.29, 1.82) is 0 Å². The fraction of sp³-hybridized carbons (Fsp3) is 0. The summed E-state index contributed by atoms with van der Waals surface area (Å²) in [6, 6.07) is 62.1. The highest BCUT2D eigenvalue weighted by Gasteiger charge is 2.23. The van der Waals surface area contributed by atoms with E-state index in [2.05, 4.69) is 171 Å². The highest BCUT2D eigenvalue weighted by molar-refractivity contribution is 9.10. The number of halogens is 1. The largest absolute Gasteiger partial charge is 0.450 e. The molecule has 0 unspecified atom stereocenters. The van der Waals surface area contributed by atoms with E-state index in [-0.39, 0.29) is 0 Å². The number of hydrogen-bond acceptors (Lipinski definition) is 4. The number of aromatic nitrogens is 1. The Morgan fingerprint density at radius 1 is 0.463 bits per heavy atom. The normalized spacial score (nSPS) is 12.1. The van der Waals surface area contributed by atoms with Crippen LogP contribution in [0.25, 0.3) is 58.8 Å². The van der Waals surface area contributed by atoms with Crippen LogP contribution in [0.1, 0.15) is 0 Å². The lowest BCUT2D eigenvalue weighted by atomic mass is 10.0. The van der Waals surface area contributed by atoms with Crippen LogP contribution < -0.4 is 14.4 Å². The molecule has 3 heterocycles. The molecule has 6 heteroatoms. The van der Waals surface area contributed by atoms with Crippen LogP contribution >= 0.6 is 27.3 Å². The summed E-state index contributed by atoms with van der Waals surface area (Å²) >= 11 is 5.51. The van der Waals surface area contributed by atoms with Crippen molar-refractivity contribution in [3.63, 3.8) is 0 Å². The summed E-state index contributed by atoms with van der Waals surface area (Å²) in [5.74, 6) is 2.83. The molecule has 2 aromatic heterocycles. The molecule has 54 heavy (non-hydrogen) atoms. The van der Waals surface area contributed by atoms with Gasteiger partial charge in [0.2, 0.25) is 0 Å². The Hall–Kier alpha value is -6.34. The van der Waals surface area contributed by atoms with E-state index in [1.165, 1.54) is 36.5 Å². The summed E-state index contributed by atoms with van der Waals surface area (Å²) in [5, 5.41) is 4.88. The van der Waals surface area contributed by atoms with Crippen molar-refractivity contribution in [3.8, 4) is 39.8 Å². The fourth-order valence-electron chi connectivity index (χ4n) is 7.88. The van der Waals surface area contributed by atoms with Crippen LogP contribution in [0.15, 0.2) is 180 Å². The number of rotatable bonds is 5. The Labute approximate surface area is 323 Å². The SMILES string of the molecule is Brc1cccc(-c2cccc(N(c3ccccc3)c3ccc4c(c3)c3ccc5sc6ccccc6c5c3n4-c3ccc4c(c3)Oc3ccccc3O4)c2)c1. The molecule has 0 atom stereocenters. The standard InChI is InChI=1S/C48H29BrN2O2S/c49-32-12-8-10-30(26-32)31-11-9-15-34(27-31)50(33-13-2-1-3-14-33)35-20-23-40-39(28-35)37-22-25-46-47(38-16-4-7-19-45(38)54-46)48(37)51(40)36-21-24-43-44(29-36)53-42-18-6-5-17-41(42)52-43/h1-29H. The van der Waals surface area contributed by atoms with Crippen LogP contribution in [0.2, 0.25) is 0 Å². The van der Waals surface area contributed by atoms with Crippen molar-refractivity contribution >= 4 is 86.3 Å². The maximum Gasteiger partial charge on any atom is 0.172 e. The minimum atomic E-state index is 0.695. The summed E-state index contributed by atoms with van der Waals surface area (Å²) in [6.45, 7) is 0. The van der Waals surface area contributed by atoms with E-state index in [0.717, 1.165) is 49.6 Å². The van der Waals surface area contributed by atoms with Crippen LogP contribution in [-0.4, -0.2) is 4.57 Å². The van der Waals surface area contributed by atoms with Crippen LogP contribution in [0.4, 0.5) is 17.1 Å². The molecule has 0 fully saturated rings. The van der Waals surface area contributed by atoms with Gasteiger partial charge in [-0.05, 0) is 102 Å². The topological polar surface area (TPSA) is 26.6 Å². The van der Waals surface area contributed by atoms with Crippen LogP contribution in [-0.2, 0) is 0 Å². The second-order valence-corrected chi connectivity index (χ2v) is 15.5. The predicted octanol–water partition coefficient (Wildman–Crippen LogP) is 14.9.